The van der Waals surface area contributed by atoms with Crippen molar-refractivity contribution in [2.75, 3.05) is 26.8 Å². The molecule has 178 valence electrons. The van der Waals surface area contributed by atoms with E-state index in [0.29, 0.717) is 31.1 Å². The minimum absolute atomic E-state index is 0.0245. The Morgan fingerprint density at radius 2 is 1.79 bits per heavy atom. The lowest BCUT2D eigenvalue weighted by Crippen LogP contribution is -2.30. The molecule has 33 heavy (non-hydrogen) atoms. The summed E-state index contributed by atoms with van der Waals surface area (Å²) in [6.45, 7) is 9.12. The molecule has 0 radical (unpaired) electrons. The largest absolute Gasteiger partial charge is 0.383 e. The van der Waals surface area contributed by atoms with Crippen LogP contribution in [0.5, 0.6) is 0 Å². The summed E-state index contributed by atoms with van der Waals surface area (Å²) in [5, 5.41) is 9.67. The van der Waals surface area contributed by atoms with Crippen LogP contribution < -0.4 is 0 Å². The minimum Gasteiger partial charge on any atom is -0.383 e. The second-order valence-electron chi connectivity index (χ2n) is 7.87. The zero-order valence-corrected chi connectivity index (χ0v) is 21.5. The molecule has 0 aliphatic heterocycles. The zero-order valence-electron chi connectivity index (χ0n) is 19.9. The molecule has 3 aromatic rings. The number of ether oxygens (including phenoxy) is 1. The summed E-state index contributed by atoms with van der Waals surface area (Å²) in [4.78, 5) is 0.256. The number of rotatable bonds is 11. The first kappa shape index (κ1) is 25.4. The van der Waals surface area contributed by atoms with Crippen LogP contribution in [-0.4, -0.2) is 54.3 Å². The van der Waals surface area contributed by atoms with Crippen molar-refractivity contribution in [2.45, 2.75) is 49.5 Å². The van der Waals surface area contributed by atoms with E-state index in [4.69, 9.17) is 4.74 Å². The summed E-state index contributed by atoms with van der Waals surface area (Å²) in [7, 11) is -1.91. The standard InChI is InChI=1S/C24H32N4O3S2/c1-6-27(7-2)33(29,30)22-10-8-9-21(15-22)23-25-26-24(28(23)19(4)16-31-5)32-17-20-13-11-18(3)12-14-20/h8-15,19H,6-7,16-17H2,1-5H3/t19-/m1/s1. The molecular formula is C24H32N4O3S2. The number of thioether (sulfide) groups is 1. The van der Waals surface area contributed by atoms with E-state index in [1.165, 1.54) is 15.4 Å². The van der Waals surface area contributed by atoms with Crippen molar-refractivity contribution < 1.29 is 13.2 Å². The smallest absolute Gasteiger partial charge is 0.243 e. The maximum absolute atomic E-state index is 13.0. The van der Waals surface area contributed by atoms with Crippen molar-refractivity contribution in [3.05, 3.63) is 59.7 Å². The lowest BCUT2D eigenvalue weighted by atomic mass is 10.2. The van der Waals surface area contributed by atoms with Gasteiger partial charge in [0, 0.05) is 31.5 Å². The Balaban J connectivity index is 1.98. The van der Waals surface area contributed by atoms with E-state index in [-0.39, 0.29) is 10.9 Å². The molecule has 3 rings (SSSR count). The SMILES string of the molecule is CCN(CC)S(=O)(=O)c1cccc(-c2nnc(SCc3ccc(C)cc3)n2[C@H](C)COC)c1. The Hall–Kier alpha value is -2.20. The normalized spacial score (nSPS) is 12.9. The topological polar surface area (TPSA) is 77.3 Å². The van der Waals surface area contributed by atoms with E-state index in [0.717, 1.165) is 10.9 Å². The lowest BCUT2D eigenvalue weighted by molar-refractivity contribution is 0.159. The number of aromatic nitrogens is 3. The number of hydrogen-bond acceptors (Lipinski definition) is 6. The van der Waals surface area contributed by atoms with Crippen LogP contribution in [0.15, 0.2) is 58.6 Å². The first-order valence-corrected chi connectivity index (χ1v) is 13.5. The van der Waals surface area contributed by atoms with Crippen LogP contribution in [0.25, 0.3) is 11.4 Å². The van der Waals surface area contributed by atoms with Crippen molar-refractivity contribution in [1.29, 1.82) is 0 Å². The van der Waals surface area contributed by atoms with Gasteiger partial charge in [-0.05, 0) is 31.5 Å². The van der Waals surface area contributed by atoms with Gasteiger partial charge >= 0.3 is 0 Å². The fraction of sp³-hybridized carbons (Fsp3) is 0.417. The number of sulfonamides is 1. The predicted molar refractivity (Wildman–Crippen MR) is 133 cm³/mol. The molecule has 0 fully saturated rings. The number of nitrogens with zero attached hydrogens (tertiary/aromatic N) is 4. The number of hydrogen-bond donors (Lipinski definition) is 0. The van der Waals surface area contributed by atoms with Gasteiger partial charge in [0.15, 0.2) is 11.0 Å². The van der Waals surface area contributed by atoms with Crippen LogP contribution in [0.4, 0.5) is 0 Å². The molecule has 0 spiro atoms. The van der Waals surface area contributed by atoms with Crippen LogP contribution in [0.2, 0.25) is 0 Å². The second kappa shape index (κ2) is 11.3. The van der Waals surface area contributed by atoms with Gasteiger partial charge in [-0.1, -0.05) is 67.6 Å². The van der Waals surface area contributed by atoms with E-state index in [1.807, 2.05) is 31.4 Å². The van der Waals surface area contributed by atoms with Crippen LogP contribution in [0.1, 0.15) is 37.9 Å². The van der Waals surface area contributed by atoms with E-state index >= 15 is 0 Å². The molecule has 0 N–H and O–H groups in total. The summed E-state index contributed by atoms with van der Waals surface area (Å²) < 4.78 is 35.0. The third-order valence-corrected chi connectivity index (χ3v) is 8.50. The summed E-state index contributed by atoms with van der Waals surface area (Å²) in [5.41, 5.74) is 3.14. The molecule has 0 bridgehead atoms. The fourth-order valence-electron chi connectivity index (χ4n) is 3.63. The maximum atomic E-state index is 13.0. The van der Waals surface area contributed by atoms with Gasteiger partial charge in [0.05, 0.1) is 17.5 Å². The first-order chi connectivity index (χ1) is 15.8. The molecule has 0 amide bonds. The first-order valence-electron chi connectivity index (χ1n) is 11.0. The summed E-state index contributed by atoms with van der Waals surface area (Å²) in [5.74, 6) is 1.39. The van der Waals surface area contributed by atoms with E-state index in [9.17, 15) is 8.42 Å². The Morgan fingerprint density at radius 1 is 1.09 bits per heavy atom. The average molecular weight is 489 g/mol. The maximum Gasteiger partial charge on any atom is 0.243 e. The number of benzene rings is 2. The summed E-state index contributed by atoms with van der Waals surface area (Å²) in [6, 6.07) is 15.3. The quantitative estimate of drug-likeness (QED) is 0.361. The average Bonchev–Trinajstić information content (AvgIpc) is 3.24. The molecule has 7 nitrogen and oxygen atoms in total. The molecule has 0 aliphatic rings. The fourth-order valence-corrected chi connectivity index (χ4v) is 6.12. The van der Waals surface area contributed by atoms with Gasteiger partial charge in [-0.3, -0.25) is 4.57 Å². The van der Waals surface area contributed by atoms with Crippen LogP contribution in [0.3, 0.4) is 0 Å². The molecule has 9 heteroatoms. The van der Waals surface area contributed by atoms with Crippen molar-refractivity contribution in [1.82, 2.24) is 19.1 Å². The Kier molecular flexibility index (Phi) is 8.69. The Morgan fingerprint density at radius 3 is 2.42 bits per heavy atom. The molecule has 1 heterocycles. The van der Waals surface area contributed by atoms with Gasteiger partial charge in [-0.15, -0.1) is 10.2 Å². The van der Waals surface area contributed by atoms with Gasteiger partial charge in [-0.25, -0.2) is 8.42 Å². The van der Waals surface area contributed by atoms with Crippen molar-refractivity contribution in [3.63, 3.8) is 0 Å². The molecule has 1 atom stereocenters. The highest BCUT2D eigenvalue weighted by Gasteiger charge is 2.24. The minimum atomic E-state index is -3.57. The summed E-state index contributed by atoms with van der Waals surface area (Å²) >= 11 is 1.60. The molecular weight excluding hydrogens is 456 g/mol. The van der Waals surface area contributed by atoms with Gasteiger partial charge in [0.25, 0.3) is 0 Å². The van der Waals surface area contributed by atoms with Crippen molar-refractivity contribution in [2.24, 2.45) is 0 Å². The third kappa shape index (κ3) is 5.84. The number of aryl methyl sites for hydroxylation is 1. The highest BCUT2D eigenvalue weighted by molar-refractivity contribution is 7.98. The number of methoxy groups -OCH3 is 1. The van der Waals surface area contributed by atoms with Crippen molar-refractivity contribution in [3.8, 4) is 11.4 Å². The Bertz CT molecular complexity index is 1160. The van der Waals surface area contributed by atoms with Crippen molar-refractivity contribution >= 4 is 21.8 Å². The van der Waals surface area contributed by atoms with Crippen LogP contribution in [-0.2, 0) is 20.5 Å². The third-order valence-electron chi connectivity index (χ3n) is 5.44. The van der Waals surface area contributed by atoms with E-state index in [1.54, 1.807) is 37.1 Å². The second-order valence-corrected chi connectivity index (χ2v) is 10.8. The monoisotopic (exact) mass is 488 g/mol. The highest BCUT2D eigenvalue weighted by Crippen LogP contribution is 2.31. The van der Waals surface area contributed by atoms with Gasteiger partial charge < -0.3 is 4.74 Å². The van der Waals surface area contributed by atoms with E-state index in [2.05, 4.69) is 41.4 Å². The zero-order chi connectivity index (χ0) is 24.0. The highest BCUT2D eigenvalue weighted by atomic mass is 32.2. The van der Waals surface area contributed by atoms with Gasteiger partial charge in [0.1, 0.15) is 0 Å². The molecule has 1 aromatic heterocycles. The van der Waals surface area contributed by atoms with Crippen LogP contribution >= 0.6 is 11.8 Å². The molecule has 0 aliphatic carbocycles. The molecule has 0 unspecified atom stereocenters. The van der Waals surface area contributed by atoms with Gasteiger partial charge in [0.2, 0.25) is 10.0 Å². The molecule has 0 saturated carbocycles. The van der Waals surface area contributed by atoms with Crippen LogP contribution in [0, 0.1) is 6.92 Å². The Labute approximate surface area is 201 Å². The van der Waals surface area contributed by atoms with Gasteiger partial charge in [-0.2, -0.15) is 4.31 Å². The summed E-state index contributed by atoms with van der Waals surface area (Å²) in [6.07, 6.45) is 0. The predicted octanol–water partition coefficient (Wildman–Crippen LogP) is 4.78. The lowest BCUT2D eigenvalue weighted by Gasteiger charge is -2.20. The molecule has 0 saturated heterocycles. The van der Waals surface area contributed by atoms with E-state index < -0.39 is 10.0 Å². The molecule has 2 aromatic carbocycles.